The van der Waals surface area contributed by atoms with Gasteiger partial charge >= 0.3 is 12.1 Å². The molecule has 0 fully saturated rings. The lowest BCUT2D eigenvalue weighted by molar-refractivity contribution is 0.0523. The number of hydrogen-bond acceptors (Lipinski definition) is 6. The largest absolute Gasteiger partial charge is 0.462 e. The van der Waals surface area contributed by atoms with E-state index in [-0.39, 0.29) is 6.61 Å². The molecule has 8 nitrogen and oxygen atoms in total. The Morgan fingerprint density at radius 3 is 2.37 bits per heavy atom. The highest BCUT2D eigenvalue weighted by Gasteiger charge is 2.26. The summed E-state index contributed by atoms with van der Waals surface area (Å²) in [5.41, 5.74) is -4.79. The van der Waals surface area contributed by atoms with Gasteiger partial charge in [0.05, 0.1) is 23.4 Å². The lowest BCUT2D eigenvalue weighted by atomic mass is 10.1. The van der Waals surface area contributed by atoms with Gasteiger partial charge in [0.25, 0.3) is 0 Å². The predicted octanol–water partition coefficient (Wildman–Crippen LogP) is 5.12. The second kappa shape index (κ2) is 9.53. The number of aromatic nitrogens is 2. The van der Waals surface area contributed by atoms with Crippen molar-refractivity contribution in [3.05, 3.63) is 62.5 Å². The summed E-state index contributed by atoms with van der Waals surface area (Å²) in [5, 5.41) is 0.724. The van der Waals surface area contributed by atoms with Crippen LogP contribution in [-0.2, 0) is 9.47 Å². The van der Waals surface area contributed by atoms with Crippen LogP contribution >= 0.6 is 11.6 Å². The van der Waals surface area contributed by atoms with Gasteiger partial charge in [-0.1, -0.05) is 11.6 Å². The molecule has 3 aromatic rings. The fourth-order valence-electron chi connectivity index (χ4n) is 3.01. The van der Waals surface area contributed by atoms with E-state index in [4.69, 9.17) is 21.1 Å². The number of pyridine rings is 2. The number of carbonyl (C=O) groups is 2. The average molecular weight is 516 g/mol. The zero-order valence-corrected chi connectivity index (χ0v) is 19.5. The number of esters is 1. The molecule has 0 spiro atoms. The summed E-state index contributed by atoms with van der Waals surface area (Å²) in [6, 6.07) is 1.33. The van der Waals surface area contributed by atoms with Crippen LogP contribution in [0.15, 0.2) is 23.1 Å². The van der Waals surface area contributed by atoms with Crippen LogP contribution < -0.4 is 10.7 Å². The van der Waals surface area contributed by atoms with E-state index >= 15 is 0 Å². The highest BCUT2D eigenvalue weighted by molar-refractivity contribution is 6.29. The number of nitrogens with zero attached hydrogens (tertiary/aromatic N) is 2. The van der Waals surface area contributed by atoms with Crippen LogP contribution in [0.2, 0.25) is 5.15 Å². The number of anilines is 1. The maximum absolute atomic E-state index is 14.9. The van der Waals surface area contributed by atoms with Crippen molar-refractivity contribution in [3.63, 3.8) is 0 Å². The van der Waals surface area contributed by atoms with Gasteiger partial charge in [-0.25, -0.2) is 32.1 Å². The van der Waals surface area contributed by atoms with Crippen molar-refractivity contribution >= 4 is 40.4 Å². The Labute approximate surface area is 200 Å². The molecule has 0 aliphatic heterocycles. The van der Waals surface area contributed by atoms with Gasteiger partial charge in [0.15, 0.2) is 34.1 Å². The van der Waals surface area contributed by atoms with Gasteiger partial charge in [-0.2, -0.15) is 0 Å². The molecular weight excluding hydrogens is 498 g/mol. The molecule has 0 atom stereocenters. The lowest BCUT2D eigenvalue weighted by Gasteiger charge is -2.20. The zero-order chi connectivity index (χ0) is 26.2. The number of carbonyl (C=O) groups excluding carboxylic acids is 2. The number of nitrogens with one attached hydrogen (secondary N) is 1. The van der Waals surface area contributed by atoms with E-state index in [1.54, 1.807) is 0 Å². The first-order valence-corrected chi connectivity index (χ1v) is 10.4. The Kier molecular flexibility index (Phi) is 7.06. The van der Waals surface area contributed by atoms with E-state index < -0.39 is 79.5 Å². The monoisotopic (exact) mass is 515 g/mol. The summed E-state index contributed by atoms with van der Waals surface area (Å²) in [6.45, 7) is 5.90. The van der Waals surface area contributed by atoms with Gasteiger partial charge in [0, 0.05) is 6.20 Å². The summed E-state index contributed by atoms with van der Waals surface area (Å²) in [4.78, 5) is 40.9. The second-order valence-electron chi connectivity index (χ2n) is 8.11. The third-order valence-electron chi connectivity index (χ3n) is 4.41. The third-order valence-corrected chi connectivity index (χ3v) is 4.67. The number of halogens is 5. The van der Waals surface area contributed by atoms with Gasteiger partial charge in [-0.15, -0.1) is 0 Å². The Morgan fingerprint density at radius 2 is 1.77 bits per heavy atom. The van der Waals surface area contributed by atoms with E-state index in [2.05, 4.69) is 4.98 Å². The number of benzene rings is 1. The van der Waals surface area contributed by atoms with Crippen molar-refractivity contribution in [1.82, 2.24) is 9.55 Å². The fraction of sp³-hybridized carbons (Fsp3) is 0.273. The van der Waals surface area contributed by atoms with Crippen molar-refractivity contribution in [1.29, 1.82) is 0 Å². The minimum Gasteiger partial charge on any atom is -0.462 e. The van der Waals surface area contributed by atoms with E-state index in [1.165, 1.54) is 27.7 Å². The minimum absolute atomic E-state index is 0.132. The van der Waals surface area contributed by atoms with Crippen LogP contribution in [0.5, 0.6) is 0 Å². The van der Waals surface area contributed by atoms with Gasteiger partial charge < -0.3 is 9.47 Å². The van der Waals surface area contributed by atoms with Crippen molar-refractivity contribution < 1.29 is 36.6 Å². The maximum Gasteiger partial charge on any atom is 0.412 e. The Bertz CT molecular complexity index is 1420. The fourth-order valence-corrected chi connectivity index (χ4v) is 3.14. The molecule has 0 saturated carbocycles. The first-order valence-electron chi connectivity index (χ1n) is 10.0. The molecule has 186 valence electrons. The summed E-state index contributed by atoms with van der Waals surface area (Å²) >= 11 is 5.71. The van der Waals surface area contributed by atoms with Gasteiger partial charge in [0.1, 0.15) is 11.2 Å². The van der Waals surface area contributed by atoms with Gasteiger partial charge in [-0.3, -0.25) is 14.7 Å². The number of fused-ring (bicyclic) bond motifs is 1. The van der Waals surface area contributed by atoms with Crippen molar-refractivity contribution in [2.45, 2.75) is 33.3 Å². The molecule has 2 heterocycles. The van der Waals surface area contributed by atoms with E-state index in [0.717, 1.165) is 6.20 Å². The smallest absolute Gasteiger partial charge is 0.412 e. The third kappa shape index (κ3) is 5.21. The number of amides is 1. The van der Waals surface area contributed by atoms with Crippen LogP contribution in [0.1, 0.15) is 38.1 Å². The van der Waals surface area contributed by atoms with Gasteiger partial charge in [-0.05, 0) is 39.8 Å². The van der Waals surface area contributed by atoms with Crippen molar-refractivity contribution in [2.24, 2.45) is 0 Å². The molecule has 0 bridgehead atoms. The predicted molar refractivity (Wildman–Crippen MR) is 118 cm³/mol. The molecule has 1 amide bonds. The van der Waals surface area contributed by atoms with Crippen LogP contribution in [0.3, 0.4) is 0 Å². The molecule has 1 aromatic carbocycles. The number of ether oxygens (including phenoxy) is 2. The van der Waals surface area contributed by atoms with E-state index in [1.807, 2.05) is 5.32 Å². The molecule has 0 unspecified atom stereocenters. The summed E-state index contributed by atoms with van der Waals surface area (Å²) < 4.78 is 68.4. The van der Waals surface area contributed by atoms with Crippen LogP contribution in [0.4, 0.5) is 28.0 Å². The Hall–Kier alpha value is -3.67. The van der Waals surface area contributed by atoms with Gasteiger partial charge in [0.2, 0.25) is 5.43 Å². The van der Waals surface area contributed by atoms with E-state index in [9.17, 15) is 31.9 Å². The van der Waals surface area contributed by atoms with Crippen LogP contribution in [0.25, 0.3) is 16.7 Å². The SMILES string of the molecule is CCOC(=O)c1cn(-c2cc(NC(=O)OC(C)(C)C)c(F)c(F)c2F)c2nc(Cl)c(F)cc2c1=O. The van der Waals surface area contributed by atoms with Crippen molar-refractivity contribution in [2.75, 3.05) is 11.9 Å². The van der Waals surface area contributed by atoms with Crippen molar-refractivity contribution in [3.8, 4) is 5.69 Å². The molecular formula is C22H18ClF4N3O5. The highest BCUT2D eigenvalue weighted by atomic mass is 35.5. The molecule has 0 radical (unpaired) electrons. The molecule has 3 rings (SSSR count). The normalized spacial score (nSPS) is 11.5. The summed E-state index contributed by atoms with van der Waals surface area (Å²) in [7, 11) is 0. The Balaban J connectivity index is 2.33. The Morgan fingerprint density at radius 1 is 1.11 bits per heavy atom. The first kappa shape index (κ1) is 25.9. The summed E-state index contributed by atoms with van der Waals surface area (Å²) in [6.07, 6.45) is -0.412. The molecule has 0 saturated heterocycles. The molecule has 2 aromatic heterocycles. The number of rotatable bonds is 4. The average Bonchev–Trinajstić information content (AvgIpc) is 2.75. The summed E-state index contributed by atoms with van der Waals surface area (Å²) in [5.74, 6) is -7.77. The first-order chi connectivity index (χ1) is 16.2. The van der Waals surface area contributed by atoms with Crippen LogP contribution in [0, 0.1) is 23.3 Å². The lowest BCUT2D eigenvalue weighted by Crippen LogP contribution is -2.28. The minimum atomic E-state index is -1.99. The standard InChI is InChI=1S/C22H18ClF4N3O5/c1-5-34-20(32)10-8-30(19-9(17(10)31)6-11(24)18(23)29-19)13-7-12(14(25)16(27)15(13)26)28-21(33)35-22(2,3)4/h6-8H,5H2,1-4H3,(H,28,33). The van der Waals surface area contributed by atoms with E-state index in [0.29, 0.717) is 16.7 Å². The highest BCUT2D eigenvalue weighted by Crippen LogP contribution is 2.29. The quantitative estimate of drug-likeness (QED) is 0.224. The molecule has 1 N–H and O–H groups in total. The zero-order valence-electron chi connectivity index (χ0n) is 18.8. The topological polar surface area (TPSA) is 99.5 Å². The number of hydrogen-bond donors (Lipinski definition) is 1. The van der Waals surface area contributed by atoms with Crippen LogP contribution in [-0.4, -0.2) is 33.8 Å². The molecule has 0 aliphatic carbocycles. The second-order valence-corrected chi connectivity index (χ2v) is 8.46. The molecule has 13 heteroatoms. The maximum atomic E-state index is 14.9. The molecule has 0 aliphatic rings. The molecule has 35 heavy (non-hydrogen) atoms.